The Labute approximate surface area is 53.3 Å². The van der Waals surface area contributed by atoms with Crippen LogP contribution in [-0.2, 0) is 0 Å². The van der Waals surface area contributed by atoms with Crippen molar-refractivity contribution in [1.82, 2.24) is 9.55 Å². The molecule has 3 heteroatoms. The molecule has 1 rings (SSSR count). The van der Waals surface area contributed by atoms with Crippen molar-refractivity contribution >= 4 is 0 Å². The molecule has 1 unspecified atom stereocenters. The molecule has 1 heterocycles. The number of imidazole rings is 1. The molecule has 0 N–H and O–H groups in total. The van der Waals surface area contributed by atoms with E-state index in [-0.39, 0.29) is 0 Å². The second kappa shape index (κ2) is 2.17. The summed E-state index contributed by atoms with van der Waals surface area (Å²) in [6.45, 7) is 3.31. The third-order valence-electron chi connectivity index (χ3n) is 1.14. The topological polar surface area (TPSA) is 17.8 Å². The Hall–Kier alpha value is -0.860. The van der Waals surface area contributed by atoms with Crippen molar-refractivity contribution in [3.8, 4) is 0 Å². The third kappa shape index (κ3) is 1.28. The zero-order valence-electron chi connectivity index (χ0n) is 5.50. The van der Waals surface area contributed by atoms with Crippen LogP contribution in [0.1, 0.15) is 18.9 Å². The van der Waals surface area contributed by atoms with Gasteiger partial charge in [-0.1, -0.05) is 0 Å². The second-order valence-corrected chi connectivity index (χ2v) is 2.04. The minimum atomic E-state index is -0.966. The lowest BCUT2D eigenvalue weighted by molar-refractivity contribution is 0.267. The summed E-state index contributed by atoms with van der Waals surface area (Å²) in [5, 5.41) is 0. The van der Waals surface area contributed by atoms with Crippen molar-refractivity contribution in [1.29, 1.82) is 0 Å². The van der Waals surface area contributed by atoms with E-state index in [4.69, 9.17) is 0 Å². The van der Waals surface area contributed by atoms with Crippen LogP contribution in [0.4, 0.5) is 4.39 Å². The van der Waals surface area contributed by atoms with E-state index in [0.29, 0.717) is 0 Å². The molecule has 0 saturated carbocycles. The van der Waals surface area contributed by atoms with E-state index in [0.717, 1.165) is 5.69 Å². The zero-order valence-corrected chi connectivity index (χ0v) is 5.50. The largest absolute Gasteiger partial charge is 0.307 e. The number of alkyl halides is 1. The maximum Gasteiger partial charge on any atom is 0.174 e. The summed E-state index contributed by atoms with van der Waals surface area (Å²) in [5.41, 5.74) is 0.847. The van der Waals surface area contributed by atoms with E-state index in [1.807, 2.05) is 6.92 Å². The summed E-state index contributed by atoms with van der Waals surface area (Å²) >= 11 is 0. The highest BCUT2D eigenvalue weighted by molar-refractivity contribution is 4.92. The van der Waals surface area contributed by atoms with Crippen molar-refractivity contribution in [2.24, 2.45) is 0 Å². The van der Waals surface area contributed by atoms with Crippen molar-refractivity contribution < 1.29 is 4.39 Å². The van der Waals surface area contributed by atoms with Crippen LogP contribution >= 0.6 is 0 Å². The van der Waals surface area contributed by atoms with Crippen molar-refractivity contribution in [2.75, 3.05) is 0 Å². The lowest BCUT2D eigenvalue weighted by Gasteiger charge is -1.98. The summed E-state index contributed by atoms with van der Waals surface area (Å²) in [6, 6.07) is 0. The highest BCUT2D eigenvalue weighted by atomic mass is 19.1. The lowest BCUT2D eigenvalue weighted by Crippen LogP contribution is -1.93. The Morgan fingerprint density at radius 1 is 1.78 bits per heavy atom. The number of hydrogen-bond acceptors (Lipinski definition) is 1. The molecule has 0 amide bonds. The van der Waals surface area contributed by atoms with Crippen LogP contribution in [0, 0.1) is 6.92 Å². The first-order valence-electron chi connectivity index (χ1n) is 2.84. The van der Waals surface area contributed by atoms with Gasteiger partial charge in [0.05, 0.1) is 12.0 Å². The SMILES string of the molecule is Cc1cn(C(C)F)cn1. The number of halogens is 1. The molecule has 0 aromatic carbocycles. The van der Waals surface area contributed by atoms with Crippen LogP contribution in [0.5, 0.6) is 0 Å². The van der Waals surface area contributed by atoms with E-state index in [1.165, 1.54) is 17.8 Å². The Bertz CT molecular complexity index is 193. The fourth-order valence-corrected chi connectivity index (χ4v) is 0.635. The molecule has 2 nitrogen and oxygen atoms in total. The summed E-state index contributed by atoms with van der Waals surface area (Å²) in [6.07, 6.45) is 2.19. The van der Waals surface area contributed by atoms with E-state index >= 15 is 0 Å². The fraction of sp³-hybridized carbons (Fsp3) is 0.500. The number of hydrogen-bond donors (Lipinski definition) is 0. The van der Waals surface area contributed by atoms with Gasteiger partial charge in [-0.25, -0.2) is 9.37 Å². The average Bonchev–Trinajstić information content (AvgIpc) is 2.14. The van der Waals surface area contributed by atoms with Gasteiger partial charge in [-0.3, -0.25) is 0 Å². The Morgan fingerprint density at radius 2 is 2.44 bits per heavy atom. The van der Waals surface area contributed by atoms with Crippen LogP contribution < -0.4 is 0 Å². The summed E-state index contributed by atoms with van der Waals surface area (Å²) < 4.78 is 13.8. The number of nitrogens with zero attached hydrogens (tertiary/aromatic N) is 2. The molecule has 1 aromatic rings. The lowest BCUT2D eigenvalue weighted by atomic mass is 10.5. The minimum Gasteiger partial charge on any atom is -0.307 e. The van der Waals surface area contributed by atoms with Crippen LogP contribution in [0.25, 0.3) is 0 Å². The van der Waals surface area contributed by atoms with Gasteiger partial charge in [0, 0.05) is 6.20 Å². The summed E-state index contributed by atoms with van der Waals surface area (Å²) in [4.78, 5) is 3.86. The first-order chi connectivity index (χ1) is 4.20. The molecule has 0 spiro atoms. The van der Waals surface area contributed by atoms with Gasteiger partial charge < -0.3 is 4.57 Å². The third-order valence-corrected chi connectivity index (χ3v) is 1.14. The maximum absolute atomic E-state index is 12.4. The molecule has 9 heavy (non-hydrogen) atoms. The highest BCUT2D eigenvalue weighted by Crippen LogP contribution is 2.05. The Balaban J connectivity index is 2.85. The predicted molar refractivity (Wildman–Crippen MR) is 32.8 cm³/mol. The number of aryl methyl sites for hydroxylation is 1. The van der Waals surface area contributed by atoms with Gasteiger partial charge in [0.2, 0.25) is 0 Å². The van der Waals surface area contributed by atoms with Gasteiger partial charge in [0.15, 0.2) is 6.30 Å². The molecule has 50 valence electrons. The first kappa shape index (κ1) is 6.26. The molecule has 0 aliphatic rings. The molecular formula is C6H9FN2. The van der Waals surface area contributed by atoms with E-state index < -0.39 is 6.30 Å². The monoisotopic (exact) mass is 128 g/mol. The van der Waals surface area contributed by atoms with Gasteiger partial charge in [-0.2, -0.15) is 0 Å². The molecule has 1 aromatic heterocycles. The quantitative estimate of drug-likeness (QED) is 0.562. The van der Waals surface area contributed by atoms with Crippen LogP contribution in [-0.4, -0.2) is 9.55 Å². The van der Waals surface area contributed by atoms with Crippen LogP contribution in [0.15, 0.2) is 12.5 Å². The molecule has 0 saturated heterocycles. The number of aromatic nitrogens is 2. The van der Waals surface area contributed by atoms with Gasteiger partial charge in [-0.05, 0) is 13.8 Å². The maximum atomic E-state index is 12.4. The van der Waals surface area contributed by atoms with E-state index in [2.05, 4.69) is 4.98 Å². The standard InChI is InChI=1S/C6H9FN2/c1-5-3-9(4-8-5)6(2)7/h3-4,6H,1-2H3. The minimum absolute atomic E-state index is 0.847. The summed E-state index contributed by atoms with van der Waals surface area (Å²) in [5.74, 6) is 0. The molecule has 0 radical (unpaired) electrons. The first-order valence-corrected chi connectivity index (χ1v) is 2.84. The smallest absolute Gasteiger partial charge is 0.174 e. The van der Waals surface area contributed by atoms with Crippen molar-refractivity contribution in [2.45, 2.75) is 20.1 Å². The van der Waals surface area contributed by atoms with Crippen LogP contribution in [0.2, 0.25) is 0 Å². The number of rotatable bonds is 1. The normalized spacial score (nSPS) is 13.7. The van der Waals surface area contributed by atoms with Gasteiger partial charge in [-0.15, -0.1) is 0 Å². The molecular weight excluding hydrogens is 119 g/mol. The van der Waals surface area contributed by atoms with E-state index in [9.17, 15) is 4.39 Å². The zero-order chi connectivity index (χ0) is 6.85. The fourth-order valence-electron chi connectivity index (χ4n) is 0.635. The Morgan fingerprint density at radius 3 is 2.67 bits per heavy atom. The molecule has 0 aliphatic heterocycles. The van der Waals surface area contributed by atoms with E-state index in [1.54, 1.807) is 6.20 Å². The van der Waals surface area contributed by atoms with Crippen LogP contribution in [0.3, 0.4) is 0 Å². The highest BCUT2D eigenvalue weighted by Gasteiger charge is 1.98. The second-order valence-electron chi connectivity index (χ2n) is 2.04. The molecule has 0 aliphatic carbocycles. The van der Waals surface area contributed by atoms with Crippen molar-refractivity contribution in [3.05, 3.63) is 18.2 Å². The molecule has 1 atom stereocenters. The van der Waals surface area contributed by atoms with Gasteiger partial charge >= 0.3 is 0 Å². The average molecular weight is 128 g/mol. The molecule has 0 fully saturated rings. The predicted octanol–water partition coefficient (Wildman–Crippen LogP) is 1.68. The van der Waals surface area contributed by atoms with Gasteiger partial charge in [0.1, 0.15) is 0 Å². The Kier molecular flexibility index (Phi) is 1.51. The molecule has 0 bridgehead atoms. The van der Waals surface area contributed by atoms with Gasteiger partial charge in [0.25, 0.3) is 0 Å². The van der Waals surface area contributed by atoms with Crippen molar-refractivity contribution in [3.63, 3.8) is 0 Å². The summed E-state index contributed by atoms with van der Waals surface area (Å²) in [7, 11) is 0.